The topological polar surface area (TPSA) is 29.3 Å². The maximum absolute atomic E-state index is 12.8. The van der Waals surface area contributed by atoms with Gasteiger partial charge in [-0.25, -0.2) is 4.39 Å². The average molecular weight is 295 g/mol. The van der Waals surface area contributed by atoms with Crippen molar-refractivity contribution < 1.29 is 4.39 Å². The Morgan fingerprint density at radius 1 is 1.12 bits per heavy atom. The van der Waals surface area contributed by atoms with Gasteiger partial charge in [0.2, 0.25) is 0 Å². The molecule has 0 aliphatic carbocycles. The third-order valence-corrected chi connectivity index (χ3v) is 3.06. The second-order valence-corrected chi connectivity index (χ2v) is 4.65. The van der Waals surface area contributed by atoms with Gasteiger partial charge in [-0.3, -0.25) is 0 Å². The van der Waals surface area contributed by atoms with Crippen molar-refractivity contribution in [2.45, 2.75) is 0 Å². The van der Waals surface area contributed by atoms with Gasteiger partial charge in [0.25, 0.3) is 0 Å². The summed E-state index contributed by atoms with van der Waals surface area (Å²) >= 11 is 3.41. The van der Waals surface area contributed by atoms with Gasteiger partial charge in [0, 0.05) is 17.2 Å². The smallest absolute Gasteiger partial charge is 0.123 e. The van der Waals surface area contributed by atoms with E-state index in [0.717, 1.165) is 15.8 Å². The molecule has 0 atom stereocenters. The molecule has 2 nitrogen and oxygen atoms in total. The number of nitrogens with zero attached hydrogens (tertiary/aromatic N) is 1. The van der Waals surface area contributed by atoms with Crippen LogP contribution in [0.5, 0.6) is 0 Å². The molecule has 0 saturated carbocycles. The van der Waals surface area contributed by atoms with E-state index in [2.05, 4.69) is 15.9 Å². The molecule has 0 radical (unpaired) electrons. The van der Waals surface area contributed by atoms with Crippen LogP contribution >= 0.6 is 15.9 Å². The zero-order valence-electron chi connectivity index (χ0n) is 9.32. The zero-order valence-corrected chi connectivity index (χ0v) is 10.9. The normalized spacial score (nSPS) is 10.3. The molecule has 88 valence electrons. The fourth-order valence-corrected chi connectivity index (χ4v) is 1.96. The lowest BCUT2D eigenvalue weighted by atomic mass is 10.2. The Labute approximate surface area is 108 Å². The van der Waals surface area contributed by atoms with Crippen LogP contribution in [0.25, 0.3) is 0 Å². The molecule has 2 N–H and O–H groups in total. The third-order valence-electron chi connectivity index (χ3n) is 2.57. The molecular formula is C13H12BrFN2. The van der Waals surface area contributed by atoms with Crippen LogP contribution in [-0.2, 0) is 0 Å². The van der Waals surface area contributed by atoms with E-state index in [4.69, 9.17) is 5.73 Å². The highest BCUT2D eigenvalue weighted by Crippen LogP contribution is 2.31. The van der Waals surface area contributed by atoms with Crippen molar-refractivity contribution in [3.8, 4) is 0 Å². The monoisotopic (exact) mass is 294 g/mol. The number of hydrogen-bond acceptors (Lipinski definition) is 2. The van der Waals surface area contributed by atoms with Crippen LogP contribution < -0.4 is 10.6 Å². The molecule has 17 heavy (non-hydrogen) atoms. The number of benzene rings is 2. The number of nitrogen functional groups attached to an aromatic ring is 1. The molecule has 0 aliphatic rings. The van der Waals surface area contributed by atoms with Crippen molar-refractivity contribution in [1.29, 1.82) is 0 Å². The van der Waals surface area contributed by atoms with E-state index < -0.39 is 0 Å². The van der Waals surface area contributed by atoms with E-state index in [1.54, 1.807) is 12.1 Å². The standard InChI is InChI=1S/C13H12BrFN2/c1-17(11-5-3-10(15)4-6-11)13-8-9(14)2-7-12(13)16/h2-8H,16H2,1H3. The molecule has 0 fully saturated rings. The lowest BCUT2D eigenvalue weighted by Crippen LogP contribution is -2.11. The second-order valence-electron chi connectivity index (χ2n) is 3.74. The minimum atomic E-state index is -0.246. The van der Waals surface area contributed by atoms with Crippen molar-refractivity contribution in [3.05, 3.63) is 52.8 Å². The van der Waals surface area contributed by atoms with Gasteiger partial charge in [-0.1, -0.05) is 15.9 Å². The summed E-state index contributed by atoms with van der Waals surface area (Å²) in [4.78, 5) is 1.92. The number of rotatable bonds is 2. The van der Waals surface area contributed by atoms with Crippen LogP contribution in [0.4, 0.5) is 21.5 Å². The quantitative estimate of drug-likeness (QED) is 0.850. The fourth-order valence-electron chi connectivity index (χ4n) is 1.61. The first-order chi connectivity index (χ1) is 8.08. The van der Waals surface area contributed by atoms with E-state index in [-0.39, 0.29) is 5.82 Å². The first kappa shape index (κ1) is 11.9. The fraction of sp³-hybridized carbons (Fsp3) is 0.0769. The van der Waals surface area contributed by atoms with Crippen molar-refractivity contribution in [2.75, 3.05) is 17.7 Å². The number of anilines is 3. The Morgan fingerprint density at radius 2 is 1.76 bits per heavy atom. The molecular weight excluding hydrogens is 283 g/mol. The Kier molecular flexibility index (Phi) is 3.33. The minimum absolute atomic E-state index is 0.246. The average Bonchev–Trinajstić information content (AvgIpc) is 2.32. The predicted molar refractivity (Wildman–Crippen MR) is 73.0 cm³/mol. The van der Waals surface area contributed by atoms with Crippen molar-refractivity contribution >= 4 is 33.0 Å². The molecule has 0 spiro atoms. The molecule has 2 aromatic carbocycles. The van der Waals surface area contributed by atoms with E-state index in [9.17, 15) is 4.39 Å². The summed E-state index contributed by atoms with van der Waals surface area (Å²) in [5, 5.41) is 0. The summed E-state index contributed by atoms with van der Waals surface area (Å²) in [6.07, 6.45) is 0. The Morgan fingerprint density at radius 3 is 2.41 bits per heavy atom. The van der Waals surface area contributed by atoms with Crippen LogP contribution in [0.2, 0.25) is 0 Å². The summed E-state index contributed by atoms with van der Waals surface area (Å²) in [6.45, 7) is 0. The first-order valence-corrected chi connectivity index (χ1v) is 5.91. The minimum Gasteiger partial charge on any atom is -0.397 e. The zero-order chi connectivity index (χ0) is 12.4. The van der Waals surface area contributed by atoms with Crippen molar-refractivity contribution in [3.63, 3.8) is 0 Å². The van der Waals surface area contributed by atoms with Gasteiger partial charge in [-0.15, -0.1) is 0 Å². The van der Waals surface area contributed by atoms with Crippen molar-refractivity contribution in [2.24, 2.45) is 0 Å². The molecule has 0 aliphatic heterocycles. The van der Waals surface area contributed by atoms with Gasteiger partial charge >= 0.3 is 0 Å². The van der Waals surface area contributed by atoms with E-state index >= 15 is 0 Å². The number of nitrogens with two attached hydrogens (primary N) is 1. The highest BCUT2D eigenvalue weighted by Gasteiger charge is 2.08. The summed E-state index contributed by atoms with van der Waals surface area (Å²) in [6, 6.07) is 11.9. The third kappa shape index (κ3) is 2.58. The van der Waals surface area contributed by atoms with Crippen LogP contribution in [0, 0.1) is 5.82 Å². The molecule has 4 heteroatoms. The van der Waals surface area contributed by atoms with Gasteiger partial charge < -0.3 is 10.6 Å². The lowest BCUT2D eigenvalue weighted by molar-refractivity contribution is 0.628. The molecule has 2 aromatic rings. The molecule has 0 bridgehead atoms. The maximum atomic E-state index is 12.8. The highest BCUT2D eigenvalue weighted by atomic mass is 79.9. The summed E-state index contributed by atoms with van der Waals surface area (Å²) in [7, 11) is 1.89. The van der Waals surface area contributed by atoms with E-state index in [1.807, 2.05) is 30.1 Å². The lowest BCUT2D eigenvalue weighted by Gasteiger charge is -2.21. The van der Waals surface area contributed by atoms with Crippen molar-refractivity contribution in [1.82, 2.24) is 0 Å². The Bertz CT molecular complexity index is 525. The van der Waals surface area contributed by atoms with Gasteiger partial charge in [-0.05, 0) is 42.5 Å². The summed E-state index contributed by atoms with van der Waals surface area (Å²) in [5.41, 5.74) is 8.37. The second kappa shape index (κ2) is 4.75. The van der Waals surface area contributed by atoms with Crippen LogP contribution in [0.15, 0.2) is 46.9 Å². The number of halogens is 2. The highest BCUT2D eigenvalue weighted by molar-refractivity contribution is 9.10. The van der Waals surface area contributed by atoms with Crippen LogP contribution in [0.3, 0.4) is 0 Å². The maximum Gasteiger partial charge on any atom is 0.123 e. The molecule has 0 aromatic heterocycles. The first-order valence-electron chi connectivity index (χ1n) is 5.12. The Hall–Kier alpha value is -1.55. The van der Waals surface area contributed by atoms with E-state index in [1.165, 1.54) is 12.1 Å². The molecule has 0 unspecified atom stereocenters. The number of hydrogen-bond donors (Lipinski definition) is 1. The largest absolute Gasteiger partial charge is 0.397 e. The van der Waals surface area contributed by atoms with Gasteiger partial charge in [0.15, 0.2) is 0 Å². The van der Waals surface area contributed by atoms with Crippen LogP contribution in [0.1, 0.15) is 0 Å². The molecule has 2 rings (SSSR count). The summed E-state index contributed by atoms with van der Waals surface area (Å²) in [5.74, 6) is -0.246. The molecule has 0 heterocycles. The van der Waals surface area contributed by atoms with Gasteiger partial charge in [0.05, 0.1) is 11.4 Å². The summed E-state index contributed by atoms with van der Waals surface area (Å²) < 4.78 is 13.8. The molecule has 0 saturated heterocycles. The van der Waals surface area contributed by atoms with Gasteiger partial charge in [-0.2, -0.15) is 0 Å². The van der Waals surface area contributed by atoms with Crippen LogP contribution in [-0.4, -0.2) is 7.05 Å². The SMILES string of the molecule is CN(c1ccc(F)cc1)c1cc(Br)ccc1N. The molecule has 0 amide bonds. The predicted octanol–water partition coefficient (Wildman–Crippen LogP) is 3.94. The Balaban J connectivity index is 2.39. The van der Waals surface area contributed by atoms with Gasteiger partial charge in [0.1, 0.15) is 5.82 Å². The van der Waals surface area contributed by atoms with E-state index in [0.29, 0.717) is 5.69 Å².